The van der Waals surface area contributed by atoms with E-state index in [1.165, 1.54) is 6.20 Å². The summed E-state index contributed by atoms with van der Waals surface area (Å²) in [6.07, 6.45) is 4.79. The third kappa shape index (κ3) is 1.34. The Morgan fingerprint density at radius 3 is 2.93 bits per heavy atom. The second-order valence-corrected chi connectivity index (χ2v) is 2.95. The fourth-order valence-electron chi connectivity index (χ4n) is 1.11. The molecule has 0 atom stereocenters. The van der Waals surface area contributed by atoms with E-state index in [4.69, 9.17) is 16.9 Å². The van der Waals surface area contributed by atoms with Crippen molar-refractivity contribution in [2.24, 2.45) is 0 Å². The molecule has 0 aromatic carbocycles. The van der Waals surface area contributed by atoms with Crippen molar-refractivity contribution in [2.45, 2.75) is 0 Å². The Kier molecular flexibility index (Phi) is 2.17. The van der Waals surface area contributed by atoms with Gasteiger partial charge in [-0.05, 0) is 12.1 Å². The summed E-state index contributed by atoms with van der Waals surface area (Å²) in [6, 6.07) is 5.40. The molecule has 68 valence electrons. The maximum Gasteiger partial charge on any atom is 0.218 e. The van der Waals surface area contributed by atoms with Crippen LogP contribution in [0.1, 0.15) is 5.82 Å². The topological polar surface area (TPSA) is 54.5 Å². The van der Waals surface area contributed by atoms with E-state index in [1.807, 2.05) is 6.07 Å². The molecule has 4 nitrogen and oxygen atoms in total. The highest BCUT2D eigenvalue weighted by Gasteiger charge is 2.07. The maximum absolute atomic E-state index is 8.76. The number of imidazole rings is 1. The first-order chi connectivity index (χ1) is 6.83. The van der Waals surface area contributed by atoms with Gasteiger partial charge in [-0.3, -0.25) is 4.57 Å². The molecule has 5 heteroatoms. The third-order valence-corrected chi connectivity index (χ3v) is 2.00. The fourth-order valence-corrected chi connectivity index (χ4v) is 1.32. The average molecular weight is 205 g/mol. The number of nitriles is 1. The lowest BCUT2D eigenvalue weighted by atomic mass is 10.4. The first kappa shape index (κ1) is 8.73. The van der Waals surface area contributed by atoms with Crippen LogP contribution in [-0.2, 0) is 0 Å². The van der Waals surface area contributed by atoms with Gasteiger partial charge < -0.3 is 0 Å². The quantitative estimate of drug-likeness (QED) is 0.712. The summed E-state index contributed by atoms with van der Waals surface area (Å²) in [4.78, 5) is 7.92. The molecular weight excluding hydrogens is 200 g/mol. The van der Waals surface area contributed by atoms with E-state index in [1.54, 1.807) is 29.1 Å². The van der Waals surface area contributed by atoms with Crippen LogP contribution < -0.4 is 0 Å². The summed E-state index contributed by atoms with van der Waals surface area (Å²) in [7, 11) is 0. The van der Waals surface area contributed by atoms with Crippen LogP contribution in [0.25, 0.3) is 5.82 Å². The number of halogens is 1. The molecular formula is C9H5ClN4. The van der Waals surface area contributed by atoms with Gasteiger partial charge in [0.1, 0.15) is 6.07 Å². The van der Waals surface area contributed by atoms with E-state index in [-0.39, 0.29) is 5.82 Å². The Hall–Kier alpha value is -1.86. The van der Waals surface area contributed by atoms with Gasteiger partial charge in [0.25, 0.3) is 0 Å². The Balaban J connectivity index is 2.62. The zero-order valence-electron chi connectivity index (χ0n) is 7.05. The zero-order valence-corrected chi connectivity index (χ0v) is 7.81. The van der Waals surface area contributed by atoms with Crippen molar-refractivity contribution in [3.63, 3.8) is 0 Å². The normalized spacial score (nSPS) is 9.71. The maximum atomic E-state index is 8.76. The number of hydrogen-bond acceptors (Lipinski definition) is 3. The number of pyridine rings is 1. The monoisotopic (exact) mass is 204 g/mol. The molecule has 0 saturated carbocycles. The lowest BCUT2D eigenvalue weighted by Gasteiger charge is -2.03. The van der Waals surface area contributed by atoms with Crippen LogP contribution in [0.5, 0.6) is 0 Å². The molecule has 2 heterocycles. The zero-order chi connectivity index (χ0) is 9.97. The molecule has 0 spiro atoms. The van der Waals surface area contributed by atoms with E-state index in [0.29, 0.717) is 10.8 Å². The lowest BCUT2D eigenvalue weighted by molar-refractivity contribution is 0.968. The first-order valence-electron chi connectivity index (χ1n) is 3.87. The predicted octanol–water partition coefficient (Wildman–Crippen LogP) is 1.79. The third-order valence-electron chi connectivity index (χ3n) is 1.71. The van der Waals surface area contributed by atoms with Gasteiger partial charge in [0.2, 0.25) is 5.82 Å². The second-order valence-electron chi connectivity index (χ2n) is 2.54. The van der Waals surface area contributed by atoms with Crippen LogP contribution in [0.2, 0.25) is 5.02 Å². The van der Waals surface area contributed by atoms with Crippen molar-refractivity contribution >= 4 is 11.6 Å². The molecule has 0 fully saturated rings. The van der Waals surface area contributed by atoms with Gasteiger partial charge in [-0.25, -0.2) is 9.97 Å². The first-order valence-corrected chi connectivity index (χ1v) is 4.25. The van der Waals surface area contributed by atoms with Crippen LogP contribution in [0.4, 0.5) is 0 Å². The van der Waals surface area contributed by atoms with Crippen LogP contribution in [-0.4, -0.2) is 14.5 Å². The van der Waals surface area contributed by atoms with E-state index in [9.17, 15) is 0 Å². The second kappa shape index (κ2) is 3.48. The Bertz CT molecular complexity index is 498. The highest BCUT2D eigenvalue weighted by Crippen LogP contribution is 2.17. The molecule has 2 aromatic rings. The molecule has 0 N–H and O–H groups in total. The summed E-state index contributed by atoms with van der Waals surface area (Å²) in [5.41, 5.74) is 0. The summed E-state index contributed by atoms with van der Waals surface area (Å²) in [6.45, 7) is 0. The Labute approximate surface area is 85.4 Å². The van der Waals surface area contributed by atoms with Crippen molar-refractivity contribution in [1.82, 2.24) is 14.5 Å². The van der Waals surface area contributed by atoms with Gasteiger partial charge in [-0.1, -0.05) is 11.6 Å². The largest absolute Gasteiger partial charge is 0.274 e. The molecule has 0 unspecified atom stereocenters. The molecule has 0 amide bonds. The fraction of sp³-hybridized carbons (Fsp3) is 0. The number of hydrogen-bond donors (Lipinski definition) is 0. The highest BCUT2D eigenvalue weighted by molar-refractivity contribution is 6.32. The minimum atomic E-state index is 0.269. The minimum Gasteiger partial charge on any atom is -0.274 e. The van der Waals surface area contributed by atoms with Crippen molar-refractivity contribution in [1.29, 1.82) is 5.26 Å². The van der Waals surface area contributed by atoms with Crippen molar-refractivity contribution < 1.29 is 0 Å². The molecule has 2 aromatic heterocycles. The SMILES string of the molecule is N#Cc1nccn1-c1ncccc1Cl. The van der Waals surface area contributed by atoms with Gasteiger partial charge >= 0.3 is 0 Å². The average Bonchev–Trinajstić information content (AvgIpc) is 2.66. The number of nitrogens with zero attached hydrogens (tertiary/aromatic N) is 4. The molecule has 0 aliphatic carbocycles. The molecule has 0 aliphatic rings. The summed E-state index contributed by atoms with van der Waals surface area (Å²) in [5, 5.41) is 9.24. The van der Waals surface area contributed by atoms with E-state index in [0.717, 1.165) is 0 Å². The van der Waals surface area contributed by atoms with Crippen molar-refractivity contribution in [3.8, 4) is 11.9 Å². The van der Waals surface area contributed by atoms with E-state index >= 15 is 0 Å². The molecule has 0 aliphatic heterocycles. The standard InChI is InChI=1S/C9H5ClN4/c10-7-2-1-3-13-9(7)14-5-4-12-8(14)6-11/h1-5H. The van der Waals surface area contributed by atoms with Gasteiger partial charge in [-0.15, -0.1) is 0 Å². The van der Waals surface area contributed by atoms with E-state index < -0.39 is 0 Å². The van der Waals surface area contributed by atoms with Crippen LogP contribution >= 0.6 is 11.6 Å². The molecule has 2 rings (SSSR count). The predicted molar refractivity (Wildman–Crippen MR) is 51.1 cm³/mol. The molecule has 0 bridgehead atoms. The molecule has 0 radical (unpaired) electrons. The van der Waals surface area contributed by atoms with Gasteiger partial charge in [0.05, 0.1) is 5.02 Å². The Morgan fingerprint density at radius 1 is 1.36 bits per heavy atom. The van der Waals surface area contributed by atoms with Crippen LogP contribution in [0.15, 0.2) is 30.7 Å². The van der Waals surface area contributed by atoms with Gasteiger partial charge in [0.15, 0.2) is 5.82 Å². The number of aromatic nitrogens is 3. The summed E-state index contributed by atoms with van der Waals surface area (Å²) in [5.74, 6) is 0.786. The minimum absolute atomic E-state index is 0.269. The lowest BCUT2D eigenvalue weighted by Crippen LogP contribution is -1.99. The van der Waals surface area contributed by atoms with E-state index in [2.05, 4.69) is 9.97 Å². The van der Waals surface area contributed by atoms with Gasteiger partial charge in [0, 0.05) is 18.6 Å². The Morgan fingerprint density at radius 2 is 2.21 bits per heavy atom. The van der Waals surface area contributed by atoms with Crippen LogP contribution in [0.3, 0.4) is 0 Å². The van der Waals surface area contributed by atoms with Crippen molar-refractivity contribution in [2.75, 3.05) is 0 Å². The molecule has 14 heavy (non-hydrogen) atoms. The summed E-state index contributed by atoms with van der Waals surface area (Å²) >= 11 is 5.92. The van der Waals surface area contributed by atoms with Gasteiger partial charge in [-0.2, -0.15) is 5.26 Å². The van der Waals surface area contributed by atoms with Crippen molar-refractivity contribution in [3.05, 3.63) is 41.6 Å². The molecule has 0 saturated heterocycles. The summed E-state index contributed by atoms with van der Waals surface area (Å²) < 4.78 is 1.54. The van der Waals surface area contributed by atoms with Crippen LogP contribution in [0, 0.1) is 11.3 Å². The highest BCUT2D eigenvalue weighted by atomic mass is 35.5. The smallest absolute Gasteiger partial charge is 0.218 e. The number of rotatable bonds is 1.